The molecule has 0 unspecified atom stereocenters. The van der Waals surface area contributed by atoms with Gasteiger partial charge < -0.3 is 15.6 Å². The second kappa shape index (κ2) is 7.79. The summed E-state index contributed by atoms with van der Waals surface area (Å²) in [6.45, 7) is 1.75. The molecular weight excluding hydrogens is 460 g/mol. The molecule has 0 atom stereocenters. The largest absolute Gasteiger partial charge is 0.495 e. The lowest BCUT2D eigenvalue weighted by atomic mass is 9.77. The van der Waals surface area contributed by atoms with Crippen LogP contribution in [0.25, 0.3) is 38.6 Å². The summed E-state index contributed by atoms with van der Waals surface area (Å²) in [6.07, 6.45) is 2.59. The summed E-state index contributed by atoms with van der Waals surface area (Å²) in [5, 5.41) is 22.9. The number of aliphatic hydroxyl groups is 1. The number of anilines is 1. The van der Waals surface area contributed by atoms with Crippen LogP contribution in [0.5, 0.6) is 5.75 Å². The highest BCUT2D eigenvalue weighted by Gasteiger charge is 2.41. The Morgan fingerprint density at radius 3 is 2.58 bits per heavy atom. The zero-order valence-electron chi connectivity index (χ0n) is 19.7. The lowest BCUT2D eigenvalue weighted by Gasteiger charge is -2.40. The topological polar surface area (TPSA) is 141 Å². The van der Waals surface area contributed by atoms with Crippen LogP contribution in [0.3, 0.4) is 0 Å². The fourth-order valence-corrected chi connectivity index (χ4v) is 5.11. The highest BCUT2D eigenvalue weighted by atomic mass is 16.5. The molecule has 3 aromatic heterocycles. The molecule has 0 aliphatic heterocycles. The number of fused-ring (bicyclic) bond motifs is 2. The molecule has 1 saturated carbocycles. The molecule has 10 heteroatoms. The van der Waals surface area contributed by atoms with Gasteiger partial charge in [-0.2, -0.15) is 10.2 Å². The van der Waals surface area contributed by atoms with Gasteiger partial charge in [0.05, 0.1) is 35.7 Å². The monoisotopic (exact) mass is 484 g/mol. The van der Waals surface area contributed by atoms with Gasteiger partial charge in [0, 0.05) is 16.6 Å². The number of rotatable bonds is 4. The van der Waals surface area contributed by atoms with E-state index in [1.807, 2.05) is 36.4 Å². The van der Waals surface area contributed by atoms with Gasteiger partial charge in [0.25, 0.3) is 11.1 Å². The number of benzene rings is 2. The Kier molecular flexibility index (Phi) is 4.77. The Labute approximate surface area is 204 Å². The van der Waals surface area contributed by atoms with Gasteiger partial charge in [-0.1, -0.05) is 24.3 Å². The van der Waals surface area contributed by atoms with Gasteiger partial charge in [-0.05, 0) is 44.0 Å². The summed E-state index contributed by atoms with van der Waals surface area (Å²) in [4.78, 5) is 26.4. The van der Waals surface area contributed by atoms with E-state index in [1.165, 1.54) is 0 Å². The molecule has 1 fully saturated rings. The number of H-pyrrole nitrogens is 1. The number of nitrogens with zero attached hydrogens (tertiary/aromatic N) is 4. The maximum absolute atomic E-state index is 13.6. The normalized spacial score (nSPS) is 19.5. The van der Waals surface area contributed by atoms with Crippen LogP contribution >= 0.6 is 0 Å². The highest BCUT2D eigenvalue weighted by Crippen LogP contribution is 2.43. The van der Waals surface area contributed by atoms with Gasteiger partial charge in [0.1, 0.15) is 17.0 Å². The van der Waals surface area contributed by atoms with Crippen LogP contribution in [0.2, 0.25) is 0 Å². The third kappa shape index (κ3) is 3.29. The minimum absolute atomic E-state index is 0.129. The van der Waals surface area contributed by atoms with Crippen molar-refractivity contribution in [2.45, 2.75) is 31.4 Å². The number of aromatic nitrogens is 5. The summed E-state index contributed by atoms with van der Waals surface area (Å²) in [7, 11) is 1.56. The van der Waals surface area contributed by atoms with Crippen molar-refractivity contribution in [3.8, 4) is 22.7 Å². The van der Waals surface area contributed by atoms with Crippen molar-refractivity contribution in [2.24, 2.45) is 0 Å². The summed E-state index contributed by atoms with van der Waals surface area (Å²) in [6, 6.07) is 14.5. The van der Waals surface area contributed by atoms with Crippen molar-refractivity contribution < 1.29 is 9.84 Å². The van der Waals surface area contributed by atoms with Crippen LogP contribution in [-0.4, -0.2) is 42.4 Å². The molecule has 36 heavy (non-hydrogen) atoms. The van der Waals surface area contributed by atoms with Gasteiger partial charge in [-0.25, -0.2) is 5.10 Å². The fraction of sp³-hybridized carbons (Fsp3) is 0.231. The minimum Gasteiger partial charge on any atom is -0.495 e. The van der Waals surface area contributed by atoms with Gasteiger partial charge in [0.15, 0.2) is 5.82 Å². The molecule has 0 radical (unpaired) electrons. The van der Waals surface area contributed by atoms with E-state index in [2.05, 4.69) is 10.2 Å². The van der Waals surface area contributed by atoms with Crippen LogP contribution in [0.1, 0.15) is 25.8 Å². The molecule has 2 aromatic carbocycles. The van der Waals surface area contributed by atoms with Gasteiger partial charge >= 0.3 is 0 Å². The predicted molar refractivity (Wildman–Crippen MR) is 137 cm³/mol. The van der Waals surface area contributed by atoms with E-state index in [0.29, 0.717) is 57.2 Å². The summed E-state index contributed by atoms with van der Waals surface area (Å²) < 4.78 is 8.76. The molecule has 1 aliphatic carbocycles. The van der Waals surface area contributed by atoms with Crippen molar-refractivity contribution in [3.63, 3.8) is 0 Å². The van der Waals surface area contributed by atoms with E-state index in [1.54, 1.807) is 41.6 Å². The maximum atomic E-state index is 13.6. The molecule has 0 saturated heterocycles. The Hall–Kier alpha value is -4.44. The van der Waals surface area contributed by atoms with E-state index in [-0.39, 0.29) is 17.4 Å². The Morgan fingerprint density at radius 2 is 1.89 bits per heavy atom. The first-order valence-electron chi connectivity index (χ1n) is 11.6. The van der Waals surface area contributed by atoms with Crippen molar-refractivity contribution in [2.75, 3.05) is 12.8 Å². The van der Waals surface area contributed by atoms with Crippen molar-refractivity contribution >= 4 is 27.5 Å². The van der Waals surface area contributed by atoms with Crippen LogP contribution < -0.4 is 21.6 Å². The average Bonchev–Trinajstić information content (AvgIpc) is 3.27. The van der Waals surface area contributed by atoms with Crippen LogP contribution in [0, 0.1) is 0 Å². The number of nitrogen functional groups attached to an aromatic ring is 1. The first-order valence-corrected chi connectivity index (χ1v) is 11.6. The third-order valence-corrected chi connectivity index (χ3v) is 6.86. The minimum atomic E-state index is -0.809. The van der Waals surface area contributed by atoms with Gasteiger partial charge in [0.2, 0.25) is 0 Å². The van der Waals surface area contributed by atoms with E-state index < -0.39 is 11.2 Å². The van der Waals surface area contributed by atoms with Gasteiger partial charge in [-0.15, -0.1) is 0 Å². The Balaban J connectivity index is 1.61. The maximum Gasteiger partial charge on any atom is 0.290 e. The van der Waals surface area contributed by atoms with E-state index in [0.717, 1.165) is 0 Å². The smallest absolute Gasteiger partial charge is 0.290 e. The van der Waals surface area contributed by atoms with Gasteiger partial charge in [-0.3, -0.25) is 18.8 Å². The molecule has 182 valence electrons. The van der Waals surface area contributed by atoms with Crippen molar-refractivity contribution in [1.82, 2.24) is 24.5 Å². The van der Waals surface area contributed by atoms with Crippen LogP contribution in [0.4, 0.5) is 5.82 Å². The molecule has 3 heterocycles. The number of ether oxygens (including phenoxy) is 1. The summed E-state index contributed by atoms with van der Waals surface area (Å²) >= 11 is 0. The standard InChI is InChI=1S/C26H24N6O4/c1-26(35)11-16(12-26)32-22-20(23(27)28-29-24(22)33)21(30-32)14-8-9-17-18(10-14)25(34)31(13-19(17)36-2)15-6-4-3-5-7-15/h3-10,13,16,35H,11-12H2,1-2H3,(H2,27,28)(H,29,33). The molecule has 4 N–H and O–H groups in total. The van der Waals surface area contributed by atoms with Crippen molar-refractivity contribution in [1.29, 1.82) is 0 Å². The number of pyridine rings is 1. The molecule has 6 rings (SSSR count). The first-order chi connectivity index (χ1) is 17.3. The third-order valence-electron chi connectivity index (χ3n) is 6.86. The second-order valence-electron chi connectivity index (χ2n) is 9.48. The number of para-hydroxylation sites is 1. The van der Waals surface area contributed by atoms with E-state index in [4.69, 9.17) is 15.6 Å². The SMILES string of the molecule is COc1cn(-c2ccccc2)c(=O)c2cc(-c3nn(C4CC(C)(O)C4)c4c(=O)[nH]nc(N)c34)ccc12. The second-order valence-corrected chi connectivity index (χ2v) is 9.48. The summed E-state index contributed by atoms with van der Waals surface area (Å²) in [5.41, 5.74) is 6.82. The Morgan fingerprint density at radius 1 is 1.14 bits per heavy atom. The molecular formula is C26H24N6O4. The number of nitrogens with one attached hydrogen (secondary N) is 1. The molecule has 0 bridgehead atoms. The lowest BCUT2D eigenvalue weighted by Crippen LogP contribution is -2.42. The molecule has 0 amide bonds. The number of aromatic amines is 1. The lowest BCUT2D eigenvalue weighted by molar-refractivity contribution is -0.0530. The number of methoxy groups -OCH3 is 1. The predicted octanol–water partition coefficient (Wildman–Crippen LogP) is 2.77. The summed E-state index contributed by atoms with van der Waals surface area (Å²) in [5.74, 6) is 0.675. The van der Waals surface area contributed by atoms with Crippen molar-refractivity contribution in [3.05, 3.63) is 75.4 Å². The quantitative estimate of drug-likeness (QED) is 0.356. The van der Waals surface area contributed by atoms with Crippen LogP contribution in [0.15, 0.2) is 64.3 Å². The highest BCUT2D eigenvalue weighted by molar-refractivity contribution is 6.01. The van der Waals surface area contributed by atoms with E-state index >= 15 is 0 Å². The fourth-order valence-electron chi connectivity index (χ4n) is 5.11. The Bertz CT molecular complexity index is 1760. The van der Waals surface area contributed by atoms with E-state index in [9.17, 15) is 14.7 Å². The molecule has 5 aromatic rings. The van der Waals surface area contributed by atoms with Crippen LogP contribution in [-0.2, 0) is 0 Å². The number of nitrogens with two attached hydrogens (primary N) is 1. The first kappa shape index (κ1) is 22.1. The molecule has 1 aliphatic rings. The zero-order chi connectivity index (χ0) is 25.2. The zero-order valence-corrected chi connectivity index (χ0v) is 19.7. The number of hydrogen-bond acceptors (Lipinski definition) is 7. The molecule has 0 spiro atoms. The molecule has 10 nitrogen and oxygen atoms in total. The number of hydrogen-bond donors (Lipinski definition) is 3. The average molecular weight is 485 g/mol.